The highest BCUT2D eigenvalue weighted by atomic mass is 19.1. The van der Waals surface area contributed by atoms with E-state index in [1.165, 1.54) is 12.3 Å². The molecule has 0 atom stereocenters. The summed E-state index contributed by atoms with van der Waals surface area (Å²) in [4.78, 5) is 15.3. The minimum atomic E-state index is -0.621. The Kier molecular flexibility index (Phi) is 5.22. The Morgan fingerprint density at radius 3 is 2.57 bits per heavy atom. The molecule has 1 heterocycles. The van der Waals surface area contributed by atoms with Crippen LogP contribution in [0.3, 0.4) is 0 Å². The lowest BCUT2D eigenvalue weighted by Gasteiger charge is -2.08. The number of amides is 1. The van der Waals surface area contributed by atoms with E-state index >= 15 is 0 Å². The van der Waals surface area contributed by atoms with Gasteiger partial charge in [0, 0.05) is 19.0 Å². The van der Waals surface area contributed by atoms with E-state index in [4.69, 9.17) is 9.47 Å². The maximum absolute atomic E-state index is 12.7. The molecule has 0 radical (unpaired) electrons. The van der Waals surface area contributed by atoms with Crippen LogP contribution < -0.4 is 10.1 Å². The lowest BCUT2D eigenvalue weighted by Crippen LogP contribution is -2.12. The molecule has 21 heavy (non-hydrogen) atoms. The monoisotopic (exact) mass is 290 g/mol. The number of aromatic nitrogens is 1. The van der Waals surface area contributed by atoms with Crippen LogP contribution in [0.4, 0.5) is 10.1 Å². The maximum atomic E-state index is 12.7. The van der Waals surface area contributed by atoms with E-state index in [1.54, 1.807) is 31.4 Å². The van der Waals surface area contributed by atoms with Crippen LogP contribution in [0.25, 0.3) is 0 Å². The number of rotatable bonds is 6. The van der Waals surface area contributed by atoms with Gasteiger partial charge in [-0.3, -0.25) is 4.79 Å². The van der Waals surface area contributed by atoms with Gasteiger partial charge in [-0.1, -0.05) is 0 Å². The molecule has 0 aliphatic heterocycles. The van der Waals surface area contributed by atoms with Crippen LogP contribution >= 0.6 is 0 Å². The first-order chi connectivity index (χ1) is 10.2. The predicted molar refractivity (Wildman–Crippen MR) is 76.0 cm³/mol. The largest absolute Gasteiger partial charge is 0.491 e. The molecule has 0 aliphatic rings. The number of carbonyl (C=O) groups excluding carboxylic acids is 1. The molecule has 110 valence electrons. The number of hydrogen-bond donors (Lipinski definition) is 1. The number of anilines is 1. The Balaban J connectivity index is 1.93. The van der Waals surface area contributed by atoms with Gasteiger partial charge in [0.1, 0.15) is 12.4 Å². The average Bonchev–Trinajstić information content (AvgIpc) is 2.50. The molecule has 6 heteroatoms. The van der Waals surface area contributed by atoms with Gasteiger partial charge >= 0.3 is 0 Å². The first-order valence-electron chi connectivity index (χ1n) is 6.34. The Morgan fingerprint density at radius 1 is 1.19 bits per heavy atom. The number of pyridine rings is 1. The van der Waals surface area contributed by atoms with Gasteiger partial charge in [0.25, 0.3) is 5.91 Å². The first kappa shape index (κ1) is 14.9. The molecule has 5 nitrogen and oxygen atoms in total. The summed E-state index contributed by atoms with van der Waals surface area (Å²) in [6, 6.07) is 9.44. The predicted octanol–water partition coefficient (Wildman–Crippen LogP) is 2.50. The summed E-state index contributed by atoms with van der Waals surface area (Å²) in [6.07, 6.45) is 1.19. The fourth-order valence-electron chi connectivity index (χ4n) is 1.59. The Labute approximate surface area is 121 Å². The summed E-state index contributed by atoms with van der Waals surface area (Å²) in [5.41, 5.74) is 0.903. The van der Waals surface area contributed by atoms with Crippen molar-refractivity contribution in [2.45, 2.75) is 0 Å². The van der Waals surface area contributed by atoms with E-state index in [1.807, 2.05) is 0 Å². The molecule has 0 aliphatic carbocycles. The second-order valence-corrected chi connectivity index (χ2v) is 4.19. The second kappa shape index (κ2) is 7.35. The number of benzene rings is 1. The van der Waals surface area contributed by atoms with Gasteiger partial charge < -0.3 is 14.8 Å². The zero-order chi connectivity index (χ0) is 15.1. The van der Waals surface area contributed by atoms with Crippen molar-refractivity contribution in [1.82, 2.24) is 4.98 Å². The molecule has 0 unspecified atom stereocenters. The fraction of sp³-hybridized carbons (Fsp3) is 0.200. The Morgan fingerprint density at radius 2 is 1.95 bits per heavy atom. The molecular formula is C15H15FN2O3. The van der Waals surface area contributed by atoms with Crippen molar-refractivity contribution in [2.24, 2.45) is 0 Å². The van der Waals surface area contributed by atoms with E-state index in [0.717, 1.165) is 6.07 Å². The van der Waals surface area contributed by atoms with Gasteiger partial charge in [-0.2, -0.15) is 4.39 Å². The highest BCUT2D eigenvalue weighted by Gasteiger charge is 2.06. The SMILES string of the molecule is COCCOc1ccc(NC(=O)c2ccc(F)nc2)cc1. The Bertz CT molecular complexity index is 585. The third-order valence-corrected chi connectivity index (χ3v) is 2.66. The smallest absolute Gasteiger partial charge is 0.257 e. The quantitative estimate of drug-likeness (QED) is 0.656. The summed E-state index contributed by atoms with van der Waals surface area (Å²) in [7, 11) is 1.60. The number of carbonyl (C=O) groups is 1. The molecule has 0 saturated carbocycles. The van der Waals surface area contributed by atoms with E-state index in [-0.39, 0.29) is 11.5 Å². The van der Waals surface area contributed by atoms with Crippen LogP contribution in [0.1, 0.15) is 10.4 Å². The molecule has 1 aromatic carbocycles. The van der Waals surface area contributed by atoms with E-state index < -0.39 is 5.95 Å². The molecule has 0 spiro atoms. The lowest BCUT2D eigenvalue weighted by atomic mass is 10.2. The van der Waals surface area contributed by atoms with E-state index in [9.17, 15) is 9.18 Å². The van der Waals surface area contributed by atoms with Gasteiger partial charge in [0.05, 0.1) is 12.2 Å². The summed E-state index contributed by atoms with van der Waals surface area (Å²) in [5, 5.41) is 2.69. The number of nitrogens with zero attached hydrogens (tertiary/aromatic N) is 1. The van der Waals surface area contributed by atoms with Gasteiger partial charge in [-0.25, -0.2) is 4.98 Å². The normalized spacial score (nSPS) is 10.2. The molecule has 0 saturated heterocycles. The number of halogens is 1. The zero-order valence-corrected chi connectivity index (χ0v) is 11.5. The Hall–Kier alpha value is -2.47. The molecule has 2 rings (SSSR count). The van der Waals surface area contributed by atoms with Crippen molar-refractivity contribution in [3.63, 3.8) is 0 Å². The number of ether oxygens (including phenoxy) is 2. The number of hydrogen-bond acceptors (Lipinski definition) is 4. The third kappa shape index (κ3) is 4.54. The van der Waals surface area contributed by atoms with Crippen LogP contribution in [0.2, 0.25) is 0 Å². The number of nitrogens with one attached hydrogen (secondary N) is 1. The molecule has 2 aromatic rings. The van der Waals surface area contributed by atoms with Crippen molar-refractivity contribution in [3.8, 4) is 5.75 Å². The molecule has 0 bridgehead atoms. The van der Waals surface area contributed by atoms with Gasteiger partial charge in [-0.15, -0.1) is 0 Å². The minimum Gasteiger partial charge on any atom is -0.491 e. The number of methoxy groups -OCH3 is 1. The van der Waals surface area contributed by atoms with E-state index in [0.29, 0.717) is 24.7 Å². The van der Waals surface area contributed by atoms with Crippen LogP contribution in [0.5, 0.6) is 5.75 Å². The maximum Gasteiger partial charge on any atom is 0.257 e. The van der Waals surface area contributed by atoms with Crippen molar-refractivity contribution in [3.05, 3.63) is 54.1 Å². The van der Waals surface area contributed by atoms with Crippen molar-refractivity contribution >= 4 is 11.6 Å². The molecular weight excluding hydrogens is 275 g/mol. The topological polar surface area (TPSA) is 60.5 Å². The van der Waals surface area contributed by atoms with Crippen LogP contribution in [0, 0.1) is 5.95 Å². The van der Waals surface area contributed by atoms with Crippen molar-refractivity contribution in [1.29, 1.82) is 0 Å². The highest BCUT2D eigenvalue weighted by molar-refractivity contribution is 6.04. The van der Waals surface area contributed by atoms with Crippen molar-refractivity contribution < 1.29 is 18.7 Å². The molecule has 0 fully saturated rings. The van der Waals surface area contributed by atoms with Crippen LogP contribution in [-0.4, -0.2) is 31.2 Å². The van der Waals surface area contributed by atoms with E-state index in [2.05, 4.69) is 10.3 Å². The van der Waals surface area contributed by atoms with Gasteiger partial charge in [0.15, 0.2) is 0 Å². The molecule has 1 N–H and O–H groups in total. The second-order valence-electron chi connectivity index (χ2n) is 4.19. The van der Waals surface area contributed by atoms with Gasteiger partial charge in [-0.05, 0) is 36.4 Å². The van der Waals surface area contributed by atoms with Crippen molar-refractivity contribution in [2.75, 3.05) is 25.6 Å². The summed E-state index contributed by atoms with van der Waals surface area (Å²) in [6.45, 7) is 0.972. The summed E-state index contributed by atoms with van der Waals surface area (Å²) in [5.74, 6) is -0.284. The lowest BCUT2D eigenvalue weighted by molar-refractivity contribution is 0.102. The summed E-state index contributed by atoms with van der Waals surface area (Å²) < 4.78 is 23.0. The molecule has 1 amide bonds. The van der Waals surface area contributed by atoms with Crippen LogP contribution in [-0.2, 0) is 4.74 Å². The standard InChI is InChI=1S/C15H15FN2O3/c1-20-8-9-21-13-5-3-12(4-6-13)18-15(19)11-2-7-14(16)17-10-11/h2-7,10H,8-9H2,1H3,(H,18,19). The average molecular weight is 290 g/mol. The third-order valence-electron chi connectivity index (χ3n) is 2.66. The molecule has 1 aromatic heterocycles. The zero-order valence-electron chi connectivity index (χ0n) is 11.5. The van der Waals surface area contributed by atoms with Crippen LogP contribution in [0.15, 0.2) is 42.6 Å². The summed E-state index contributed by atoms with van der Waals surface area (Å²) >= 11 is 0. The minimum absolute atomic E-state index is 0.289. The fourth-order valence-corrected chi connectivity index (χ4v) is 1.59. The highest BCUT2D eigenvalue weighted by Crippen LogP contribution is 2.16. The first-order valence-corrected chi connectivity index (χ1v) is 6.34. The van der Waals surface area contributed by atoms with Gasteiger partial charge in [0.2, 0.25) is 5.95 Å².